The largest absolute Gasteiger partial charge is 0.497 e. The van der Waals surface area contributed by atoms with E-state index in [1.165, 1.54) is 17.5 Å². The van der Waals surface area contributed by atoms with Gasteiger partial charge in [0, 0.05) is 6.61 Å². The van der Waals surface area contributed by atoms with Crippen LogP contribution in [-0.4, -0.2) is 30.0 Å². The first-order valence-corrected chi connectivity index (χ1v) is 8.53. The van der Waals surface area contributed by atoms with E-state index in [-0.39, 0.29) is 18.1 Å². The molecule has 1 fully saturated rings. The number of benzene rings is 1. The summed E-state index contributed by atoms with van der Waals surface area (Å²) in [5.41, 5.74) is 2.73. The molecule has 1 saturated carbocycles. The molecular formula is C19H28O3. The first kappa shape index (κ1) is 15.8. The van der Waals surface area contributed by atoms with Gasteiger partial charge < -0.3 is 14.9 Å². The summed E-state index contributed by atoms with van der Waals surface area (Å²) in [6.07, 6.45) is 5.79. The molecule has 0 heterocycles. The Bertz CT molecular complexity index is 527. The van der Waals surface area contributed by atoms with Crippen molar-refractivity contribution >= 4 is 0 Å². The standard InChI is InChI=1S/C19H28O3/c1-19(9-10-20)17(7-8-18(19)21)15-4-3-14-12-16(22-2)6-5-13(14)11-15/h5-6,12,15,17-18,20-21H,3-4,7-11H2,1-2H3. The Hall–Kier alpha value is -1.06. The lowest BCUT2D eigenvalue weighted by Crippen LogP contribution is -2.38. The maximum absolute atomic E-state index is 10.4. The quantitative estimate of drug-likeness (QED) is 0.899. The summed E-state index contributed by atoms with van der Waals surface area (Å²) >= 11 is 0. The molecule has 4 unspecified atom stereocenters. The Morgan fingerprint density at radius 2 is 2.05 bits per heavy atom. The van der Waals surface area contributed by atoms with Gasteiger partial charge in [-0.3, -0.25) is 0 Å². The van der Waals surface area contributed by atoms with E-state index in [0.717, 1.165) is 31.4 Å². The fourth-order valence-electron chi connectivity index (χ4n) is 4.84. The zero-order chi connectivity index (χ0) is 15.7. The highest BCUT2D eigenvalue weighted by molar-refractivity contribution is 5.37. The summed E-state index contributed by atoms with van der Waals surface area (Å²) in [6.45, 7) is 2.35. The van der Waals surface area contributed by atoms with Crippen LogP contribution in [0, 0.1) is 17.3 Å². The first-order chi connectivity index (χ1) is 10.6. The Balaban J connectivity index is 1.79. The number of aliphatic hydroxyl groups is 2. The van der Waals surface area contributed by atoms with Crippen molar-refractivity contribution in [3.8, 4) is 5.75 Å². The minimum absolute atomic E-state index is 0.122. The van der Waals surface area contributed by atoms with Crippen LogP contribution in [-0.2, 0) is 12.8 Å². The summed E-state index contributed by atoms with van der Waals surface area (Å²) in [4.78, 5) is 0. The van der Waals surface area contributed by atoms with E-state index in [4.69, 9.17) is 4.74 Å². The van der Waals surface area contributed by atoms with E-state index in [2.05, 4.69) is 25.1 Å². The minimum Gasteiger partial charge on any atom is -0.497 e. The van der Waals surface area contributed by atoms with Crippen molar-refractivity contribution in [2.45, 2.75) is 51.6 Å². The number of hydrogen-bond acceptors (Lipinski definition) is 3. The lowest BCUT2D eigenvalue weighted by Gasteiger charge is -2.40. The highest BCUT2D eigenvalue weighted by Gasteiger charge is 2.48. The van der Waals surface area contributed by atoms with Crippen LogP contribution < -0.4 is 4.74 Å². The lowest BCUT2D eigenvalue weighted by molar-refractivity contribution is -0.000199. The van der Waals surface area contributed by atoms with Crippen molar-refractivity contribution in [1.82, 2.24) is 0 Å². The molecule has 1 aromatic rings. The third-order valence-corrected chi connectivity index (χ3v) is 6.26. The predicted molar refractivity (Wildman–Crippen MR) is 87.0 cm³/mol. The number of aryl methyl sites for hydroxylation is 1. The predicted octanol–water partition coefficient (Wildman–Crippen LogP) is 2.96. The second kappa shape index (κ2) is 6.21. The third-order valence-electron chi connectivity index (χ3n) is 6.26. The van der Waals surface area contributed by atoms with E-state index < -0.39 is 0 Å². The molecule has 3 heteroatoms. The SMILES string of the molecule is COc1ccc2c(c1)CCC(C1CCC(O)C1(C)CCO)C2. The Kier molecular flexibility index (Phi) is 4.47. The van der Waals surface area contributed by atoms with Crippen LogP contribution in [0.3, 0.4) is 0 Å². The van der Waals surface area contributed by atoms with Crippen LogP contribution in [0.5, 0.6) is 5.75 Å². The smallest absolute Gasteiger partial charge is 0.119 e. The van der Waals surface area contributed by atoms with Crippen molar-refractivity contribution in [2.24, 2.45) is 17.3 Å². The zero-order valence-corrected chi connectivity index (χ0v) is 13.7. The zero-order valence-electron chi connectivity index (χ0n) is 13.7. The fraction of sp³-hybridized carbons (Fsp3) is 0.684. The highest BCUT2D eigenvalue weighted by atomic mass is 16.5. The second-order valence-corrected chi connectivity index (χ2v) is 7.32. The van der Waals surface area contributed by atoms with E-state index in [9.17, 15) is 10.2 Å². The number of aliphatic hydroxyl groups excluding tert-OH is 2. The summed E-state index contributed by atoms with van der Waals surface area (Å²) in [5.74, 6) is 2.08. The number of ether oxygens (including phenoxy) is 1. The molecule has 2 aliphatic rings. The molecule has 0 bridgehead atoms. The van der Waals surface area contributed by atoms with E-state index in [1.54, 1.807) is 7.11 Å². The number of methoxy groups -OCH3 is 1. The normalized spacial score (nSPS) is 34.5. The molecule has 0 amide bonds. The molecule has 22 heavy (non-hydrogen) atoms. The molecule has 0 spiro atoms. The van der Waals surface area contributed by atoms with Crippen molar-refractivity contribution in [2.75, 3.05) is 13.7 Å². The van der Waals surface area contributed by atoms with Crippen LogP contribution in [0.15, 0.2) is 18.2 Å². The van der Waals surface area contributed by atoms with Crippen LogP contribution >= 0.6 is 0 Å². The number of rotatable bonds is 4. The molecule has 0 saturated heterocycles. The molecule has 0 aliphatic heterocycles. The summed E-state index contributed by atoms with van der Waals surface area (Å²) in [6, 6.07) is 6.43. The molecule has 0 aromatic heterocycles. The molecule has 3 rings (SSSR count). The molecule has 4 atom stereocenters. The monoisotopic (exact) mass is 304 g/mol. The fourth-order valence-corrected chi connectivity index (χ4v) is 4.84. The van der Waals surface area contributed by atoms with Crippen LogP contribution in [0.2, 0.25) is 0 Å². The van der Waals surface area contributed by atoms with E-state index >= 15 is 0 Å². The second-order valence-electron chi connectivity index (χ2n) is 7.32. The van der Waals surface area contributed by atoms with Gasteiger partial charge in [-0.2, -0.15) is 0 Å². The first-order valence-electron chi connectivity index (χ1n) is 8.53. The van der Waals surface area contributed by atoms with Gasteiger partial charge in [0.1, 0.15) is 5.75 Å². The molecule has 3 nitrogen and oxygen atoms in total. The van der Waals surface area contributed by atoms with Gasteiger partial charge in [0.25, 0.3) is 0 Å². The van der Waals surface area contributed by atoms with Gasteiger partial charge >= 0.3 is 0 Å². The van der Waals surface area contributed by atoms with Crippen molar-refractivity contribution in [1.29, 1.82) is 0 Å². The lowest BCUT2D eigenvalue weighted by atomic mass is 9.65. The van der Waals surface area contributed by atoms with Crippen molar-refractivity contribution in [3.63, 3.8) is 0 Å². The molecular weight excluding hydrogens is 276 g/mol. The minimum atomic E-state index is -0.262. The Labute approximate surface area is 133 Å². The molecule has 122 valence electrons. The molecule has 1 aromatic carbocycles. The van der Waals surface area contributed by atoms with Gasteiger partial charge in [0.05, 0.1) is 13.2 Å². The van der Waals surface area contributed by atoms with Gasteiger partial charge in [0.2, 0.25) is 0 Å². The van der Waals surface area contributed by atoms with Gasteiger partial charge in [-0.1, -0.05) is 13.0 Å². The van der Waals surface area contributed by atoms with Gasteiger partial charge in [0.15, 0.2) is 0 Å². The van der Waals surface area contributed by atoms with Gasteiger partial charge in [-0.15, -0.1) is 0 Å². The average Bonchev–Trinajstić information content (AvgIpc) is 2.82. The topological polar surface area (TPSA) is 49.7 Å². The van der Waals surface area contributed by atoms with Crippen LogP contribution in [0.4, 0.5) is 0 Å². The van der Waals surface area contributed by atoms with Crippen LogP contribution in [0.25, 0.3) is 0 Å². The third kappa shape index (κ3) is 2.65. The van der Waals surface area contributed by atoms with Gasteiger partial charge in [-0.25, -0.2) is 0 Å². The summed E-state index contributed by atoms with van der Waals surface area (Å²) in [5, 5.41) is 19.8. The molecule has 2 aliphatic carbocycles. The maximum atomic E-state index is 10.4. The van der Waals surface area contributed by atoms with Gasteiger partial charge in [-0.05, 0) is 79.0 Å². The van der Waals surface area contributed by atoms with E-state index in [1.807, 2.05) is 0 Å². The summed E-state index contributed by atoms with van der Waals surface area (Å²) < 4.78 is 5.33. The van der Waals surface area contributed by atoms with Crippen molar-refractivity contribution in [3.05, 3.63) is 29.3 Å². The Morgan fingerprint density at radius 3 is 2.77 bits per heavy atom. The highest BCUT2D eigenvalue weighted by Crippen LogP contribution is 2.52. The number of hydrogen-bond donors (Lipinski definition) is 2. The summed E-state index contributed by atoms with van der Waals surface area (Å²) in [7, 11) is 1.72. The molecule has 0 radical (unpaired) electrons. The average molecular weight is 304 g/mol. The Morgan fingerprint density at radius 1 is 1.23 bits per heavy atom. The van der Waals surface area contributed by atoms with Crippen molar-refractivity contribution < 1.29 is 14.9 Å². The molecule has 2 N–H and O–H groups in total. The number of fused-ring (bicyclic) bond motifs is 1. The van der Waals surface area contributed by atoms with Crippen LogP contribution in [0.1, 0.15) is 43.7 Å². The maximum Gasteiger partial charge on any atom is 0.119 e. The van der Waals surface area contributed by atoms with E-state index in [0.29, 0.717) is 18.3 Å².